The van der Waals surface area contributed by atoms with Crippen LogP contribution in [-0.2, 0) is 6.42 Å². The van der Waals surface area contributed by atoms with Crippen LogP contribution in [-0.4, -0.2) is 17.5 Å². The highest BCUT2D eigenvalue weighted by Crippen LogP contribution is 2.15. The Labute approximate surface area is 206 Å². The standard InChI is InChI=1S/C30H54ClN/c1-2-3-4-5-6-7-8-9-10-11-12-13-14-15-16-17-18-23-28-32(31)29-24-22-27-30-25-20-19-21-26-30/h19-21,25-26H,2-18,22-24,27-29H2,1H3. The number of aryl methyl sites for hydroxylation is 1. The summed E-state index contributed by atoms with van der Waals surface area (Å²) in [7, 11) is 0. The molecule has 0 aliphatic heterocycles. The minimum absolute atomic E-state index is 1.02. The Balaban J connectivity index is 1.71. The number of hydrogen-bond donors (Lipinski definition) is 0. The maximum atomic E-state index is 6.37. The van der Waals surface area contributed by atoms with Crippen molar-refractivity contribution in [3.05, 3.63) is 35.9 Å². The lowest BCUT2D eigenvalue weighted by molar-refractivity contribution is 0.416. The van der Waals surface area contributed by atoms with E-state index >= 15 is 0 Å². The molecule has 1 rings (SSSR count). The third-order valence-corrected chi connectivity index (χ3v) is 7.05. The van der Waals surface area contributed by atoms with E-state index in [1.165, 1.54) is 140 Å². The molecule has 1 aromatic carbocycles. The number of hydrogen-bond acceptors (Lipinski definition) is 1. The Hall–Kier alpha value is -0.530. The summed E-state index contributed by atoms with van der Waals surface area (Å²) in [6.07, 6.45) is 29.3. The number of unbranched alkanes of at least 4 members (excludes halogenated alkanes) is 18. The zero-order valence-corrected chi connectivity index (χ0v) is 22.2. The average Bonchev–Trinajstić information content (AvgIpc) is 2.82. The molecule has 32 heavy (non-hydrogen) atoms. The molecule has 0 unspecified atom stereocenters. The van der Waals surface area contributed by atoms with Crippen molar-refractivity contribution in [2.75, 3.05) is 13.1 Å². The van der Waals surface area contributed by atoms with Crippen LogP contribution in [0.5, 0.6) is 0 Å². The van der Waals surface area contributed by atoms with E-state index in [1.807, 2.05) is 4.42 Å². The maximum absolute atomic E-state index is 6.37. The van der Waals surface area contributed by atoms with E-state index in [-0.39, 0.29) is 0 Å². The Kier molecular flexibility index (Phi) is 21.8. The topological polar surface area (TPSA) is 3.24 Å². The summed E-state index contributed by atoms with van der Waals surface area (Å²) in [5, 5.41) is 0. The van der Waals surface area contributed by atoms with Crippen LogP contribution < -0.4 is 0 Å². The molecule has 0 bridgehead atoms. The maximum Gasteiger partial charge on any atom is 0.0139 e. The van der Waals surface area contributed by atoms with Crippen LogP contribution in [0.15, 0.2) is 30.3 Å². The van der Waals surface area contributed by atoms with Crippen molar-refractivity contribution < 1.29 is 0 Å². The third kappa shape index (κ3) is 20.1. The number of halogens is 1. The highest BCUT2D eigenvalue weighted by atomic mass is 35.5. The smallest absolute Gasteiger partial charge is 0.0139 e. The summed E-state index contributed by atoms with van der Waals surface area (Å²) >= 11 is 6.37. The first-order valence-corrected chi connectivity index (χ1v) is 14.6. The molecule has 0 aliphatic rings. The summed E-state index contributed by atoms with van der Waals surface area (Å²) < 4.78 is 2.01. The van der Waals surface area contributed by atoms with Gasteiger partial charge in [-0.1, -0.05) is 146 Å². The predicted molar refractivity (Wildman–Crippen MR) is 146 cm³/mol. The number of nitrogens with zero attached hydrogens (tertiary/aromatic N) is 1. The Bertz CT molecular complexity index is 475. The number of benzene rings is 1. The molecule has 0 saturated heterocycles. The van der Waals surface area contributed by atoms with Gasteiger partial charge >= 0.3 is 0 Å². The van der Waals surface area contributed by atoms with Gasteiger partial charge in [-0.3, -0.25) is 0 Å². The van der Waals surface area contributed by atoms with Gasteiger partial charge in [0.05, 0.1) is 0 Å². The van der Waals surface area contributed by atoms with Crippen LogP contribution >= 0.6 is 11.8 Å². The van der Waals surface area contributed by atoms with E-state index in [0.29, 0.717) is 0 Å². The molecule has 0 saturated carbocycles. The first-order chi connectivity index (χ1) is 15.8. The molecule has 2 heteroatoms. The van der Waals surface area contributed by atoms with Gasteiger partial charge in [0.2, 0.25) is 0 Å². The summed E-state index contributed by atoms with van der Waals surface area (Å²) in [6, 6.07) is 10.8. The second-order valence-corrected chi connectivity index (χ2v) is 10.3. The molecule has 0 heterocycles. The van der Waals surface area contributed by atoms with Gasteiger partial charge in [-0.25, -0.2) is 4.42 Å². The quantitative estimate of drug-likeness (QED) is 0.109. The van der Waals surface area contributed by atoms with Crippen LogP contribution in [0.4, 0.5) is 0 Å². The van der Waals surface area contributed by atoms with Crippen molar-refractivity contribution in [1.82, 2.24) is 4.42 Å². The van der Waals surface area contributed by atoms with Crippen LogP contribution in [0.1, 0.15) is 141 Å². The molecule has 0 radical (unpaired) electrons. The highest BCUT2D eigenvalue weighted by molar-refractivity contribution is 6.13. The molecule has 1 aromatic rings. The van der Waals surface area contributed by atoms with E-state index in [4.69, 9.17) is 11.8 Å². The van der Waals surface area contributed by atoms with E-state index < -0.39 is 0 Å². The van der Waals surface area contributed by atoms with Crippen LogP contribution in [0.3, 0.4) is 0 Å². The first kappa shape index (κ1) is 29.5. The van der Waals surface area contributed by atoms with Crippen LogP contribution in [0, 0.1) is 0 Å². The van der Waals surface area contributed by atoms with Crippen molar-refractivity contribution >= 4 is 11.8 Å². The lowest BCUT2D eigenvalue weighted by Crippen LogP contribution is -2.15. The fraction of sp³-hybridized carbons (Fsp3) is 0.800. The normalized spacial score (nSPS) is 11.5. The predicted octanol–water partition coefficient (Wildman–Crippen LogP) is 10.5. The summed E-state index contributed by atoms with van der Waals surface area (Å²) in [6.45, 7) is 4.37. The van der Waals surface area contributed by atoms with Gasteiger partial charge in [-0.2, -0.15) is 0 Å². The van der Waals surface area contributed by atoms with Crippen molar-refractivity contribution in [2.24, 2.45) is 0 Å². The molecule has 0 N–H and O–H groups in total. The van der Waals surface area contributed by atoms with E-state index in [0.717, 1.165) is 13.1 Å². The molecule has 186 valence electrons. The Morgan fingerprint density at radius 2 is 0.875 bits per heavy atom. The van der Waals surface area contributed by atoms with Gasteiger partial charge in [0.1, 0.15) is 0 Å². The molecular weight excluding hydrogens is 410 g/mol. The van der Waals surface area contributed by atoms with E-state index in [2.05, 4.69) is 37.3 Å². The molecule has 0 fully saturated rings. The molecule has 0 spiro atoms. The minimum Gasteiger partial charge on any atom is -0.220 e. The van der Waals surface area contributed by atoms with Gasteiger partial charge in [-0.05, 0) is 43.0 Å². The SMILES string of the molecule is CCCCCCCCCCCCCCCCCCCCN(Cl)CCCCc1ccccc1. The van der Waals surface area contributed by atoms with Gasteiger partial charge in [-0.15, -0.1) is 0 Å². The largest absolute Gasteiger partial charge is 0.220 e. The van der Waals surface area contributed by atoms with Gasteiger partial charge in [0.25, 0.3) is 0 Å². The first-order valence-electron chi connectivity index (χ1n) is 14.3. The van der Waals surface area contributed by atoms with Crippen molar-refractivity contribution in [2.45, 2.75) is 142 Å². The Morgan fingerprint density at radius 3 is 1.31 bits per heavy atom. The van der Waals surface area contributed by atoms with Crippen molar-refractivity contribution in [1.29, 1.82) is 0 Å². The molecule has 0 aromatic heterocycles. The molecular formula is C30H54ClN. The highest BCUT2D eigenvalue weighted by Gasteiger charge is 2.01. The molecule has 0 atom stereocenters. The van der Waals surface area contributed by atoms with Gasteiger partial charge < -0.3 is 0 Å². The fourth-order valence-electron chi connectivity index (χ4n) is 4.55. The third-order valence-electron chi connectivity index (χ3n) is 6.71. The molecule has 1 nitrogen and oxygen atoms in total. The lowest BCUT2D eigenvalue weighted by atomic mass is 10.0. The minimum atomic E-state index is 1.02. The molecule has 0 aliphatic carbocycles. The van der Waals surface area contributed by atoms with Crippen molar-refractivity contribution in [3.63, 3.8) is 0 Å². The second-order valence-electron chi connectivity index (χ2n) is 9.86. The monoisotopic (exact) mass is 463 g/mol. The van der Waals surface area contributed by atoms with Crippen LogP contribution in [0.25, 0.3) is 0 Å². The average molecular weight is 464 g/mol. The number of rotatable bonds is 24. The lowest BCUT2D eigenvalue weighted by Gasteiger charge is -2.13. The summed E-state index contributed by atoms with van der Waals surface area (Å²) in [5.41, 5.74) is 1.44. The van der Waals surface area contributed by atoms with Gasteiger partial charge in [0.15, 0.2) is 0 Å². The van der Waals surface area contributed by atoms with E-state index in [1.54, 1.807) is 0 Å². The second kappa shape index (κ2) is 23.6. The van der Waals surface area contributed by atoms with Gasteiger partial charge in [0, 0.05) is 13.1 Å². The van der Waals surface area contributed by atoms with E-state index in [9.17, 15) is 0 Å². The Morgan fingerprint density at radius 1 is 0.500 bits per heavy atom. The fourth-order valence-corrected chi connectivity index (χ4v) is 4.79. The molecule has 0 amide bonds. The zero-order valence-electron chi connectivity index (χ0n) is 21.5. The van der Waals surface area contributed by atoms with Crippen LogP contribution in [0.2, 0.25) is 0 Å². The summed E-state index contributed by atoms with van der Waals surface area (Å²) in [5.74, 6) is 0. The zero-order chi connectivity index (χ0) is 23.0. The summed E-state index contributed by atoms with van der Waals surface area (Å²) in [4.78, 5) is 0. The van der Waals surface area contributed by atoms with Crippen molar-refractivity contribution in [3.8, 4) is 0 Å².